The summed E-state index contributed by atoms with van der Waals surface area (Å²) in [6.45, 7) is 0. The van der Waals surface area contributed by atoms with E-state index in [2.05, 4.69) is 4.74 Å². The Morgan fingerprint density at radius 3 is 2.50 bits per heavy atom. The van der Waals surface area contributed by atoms with Crippen LogP contribution in [-0.2, 0) is 0 Å². The molecule has 2 rings (SSSR count). The zero-order chi connectivity index (χ0) is 13.2. The van der Waals surface area contributed by atoms with Gasteiger partial charge in [0.1, 0.15) is 5.75 Å². The van der Waals surface area contributed by atoms with E-state index in [0.717, 1.165) is 11.6 Å². The first kappa shape index (κ1) is 12.6. The topological polar surface area (TPSA) is 26.3 Å². The Bertz CT molecular complexity index is 547. The fourth-order valence-corrected chi connectivity index (χ4v) is 2.13. The van der Waals surface area contributed by atoms with E-state index in [1.807, 2.05) is 16.8 Å². The highest BCUT2D eigenvalue weighted by Gasteiger charge is 2.32. The molecule has 0 aliphatic heterocycles. The Morgan fingerprint density at radius 1 is 1.17 bits per heavy atom. The van der Waals surface area contributed by atoms with Crippen molar-refractivity contribution >= 4 is 17.6 Å². The highest BCUT2D eigenvalue weighted by Crippen LogP contribution is 2.30. The van der Waals surface area contributed by atoms with Crippen LogP contribution < -0.4 is 4.74 Å². The van der Waals surface area contributed by atoms with Crippen LogP contribution in [0.2, 0.25) is 0 Å². The standard InChI is InChI=1S/C12H7F3O2S/c13-12(14,15)17-11-2-1-8(5-10(11)6-16)9-3-4-18-7-9/h1-7H. The van der Waals surface area contributed by atoms with Crippen LogP contribution in [0.5, 0.6) is 5.75 Å². The van der Waals surface area contributed by atoms with Gasteiger partial charge < -0.3 is 4.74 Å². The molecule has 0 atom stereocenters. The summed E-state index contributed by atoms with van der Waals surface area (Å²) in [7, 11) is 0. The number of hydrogen-bond donors (Lipinski definition) is 0. The van der Waals surface area contributed by atoms with E-state index in [9.17, 15) is 18.0 Å². The minimum absolute atomic E-state index is 0.129. The van der Waals surface area contributed by atoms with Crippen molar-refractivity contribution in [3.05, 3.63) is 40.6 Å². The molecule has 0 spiro atoms. The molecule has 2 nitrogen and oxygen atoms in total. The molecule has 94 valence electrons. The first-order chi connectivity index (χ1) is 8.49. The van der Waals surface area contributed by atoms with E-state index in [1.54, 1.807) is 0 Å². The van der Waals surface area contributed by atoms with Crippen LogP contribution in [0.4, 0.5) is 13.2 Å². The molecule has 0 aliphatic rings. The predicted molar refractivity (Wildman–Crippen MR) is 61.8 cm³/mol. The van der Waals surface area contributed by atoms with Crippen LogP contribution in [-0.4, -0.2) is 12.6 Å². The van der Waals surface area contributed by atoms with Gasteiger partial charge in [0.2, 0.25) is 0 Å². The van der Waals surface area contributed by atoms with Gasteiger partial charge in [0.05, 0.1) is 5.56 Å². The third-order valence-corrected chi connectivity index (χ3v) is 2.90. The molecule has 1 aromatic carbocycles. The number of aldehydes is 1. The van der Waals surface area contributed by atoms with Crippen molar-refractivity contribution in [2.75, 3.05) is 0 Å². The summed E-state index contributed by atoms with van der Waals surface area (Å²) in [5.74, 6) is -0.489. The van der Waals surface area contributed by atoms with Crippen molar-refractivity contribution in [1.82, 2.24) is 0 Å². The second kappa shape index (κ2) is 4.81. The highest BCUT2D eigenvalue weighted by molar-refractivity contribution is 7.08. The van der Waals surface area contributed by atoms with Crippen LogP contribution in [0.15, 0.2) is 35.0 Å². The first-order valence-electron chi connectivity index (χ1n) is 4.87. The molecule has 0 saturated carbocycles. The molecular weight excluding hydrogens is 265 g/mol. The molecule has 6 heteroatoms. The Kier molecular flexibility index (Phi) is 3.38. The summed E-state index contributed by atoms with van der Waals surface area (Å²) in [5, 5.41) is 3.68. The monoisotopic (exact) mass is 272 g/mol. The minimum atomic E-state index is -4.80. The number of carbonyl (C=O) groups excluding carboxylic acids is 1. The Labute approximate surface area is 105 Å². The Hall–Kier alpha value is -1.82. The molecule has 0 saturated heterocycles. The van der Waals surface area contributed by atoms with Gasteiger partial charge in [0.15, 0.2) is 6.29 Å². The predicted octanol–water partition coefficient (Wildman–Crippen LogP) is 4.13. The van der Waals surface area contributed by atoms with Crippen LogP contribution in [0.3, 0.4) is 0 Å². The maximum absolute atomic E-state index is 12.1. The van der Waals surface area contributed by atoms with Gasteiger partial charge in [0.25, 0.3) is 0 Å². The number of hydrogen-bond acceptors (Lipinski definition) is 3. The summed E-state index contributed by atoms with van der Waals surface area (Å²) in [6, 6.07) is 5.81. The highest BCUT2D eigenvalue weighted by atomic mass is 32.1. The number of halogens is 3. The maximum Gasteiger partial charge on any atom is 0.573 e. The second-order valence-corrected chi connectivity index (χ2v) is 4.21. The van der Waals surface area contributed by atoms with Gasteiger partial charge in [-0.15, -0.1) is 13.2 Å². The third kappa shape index (κ3) is 2.89. The number of alkyl halides is 3. The van der Waals surface area contributed by atoms with Gasteiger partial charge in [-0.3, -0.25) is 4.79 Å². The molecule has 1 aromatic heterocycles. The fraction of sp³-hybridized carbons (Fsp3) is 0.0833. The van der Waals surface area contributed by atoms with Crippen molar-refractivity contribution in [1.29, 1.82) is 0 Å². The summed E-state index contributed by atoms with van der Waals surface area (Å²) < 4.78 is 40.1. The number of thiophene rings is 1. The van der Waals surface area contributed by atoms with E-state index in [0.29, 0.717) is 11.8 Å². The third-order valence-electron chi connectivity index (χ3n) is 2.22. The lowest BCUT2D eigenvalue weighted by Gasteiger charge is -2.11. The van der Waals surface area contributed by atoms with Gasteiger partial charge in [0, 0.05) is 0 Å². The van der Waals surface area contributed by atoms with Crippen molar-refractivity contribution in [2.24, 2.45) is 0 Å². The van der Waals surface area contributed by atoms with Crippen LogP contribution in [0.1, 0.15) is 10.4 Å². The average Bonchev–Trinajstić information content (AvgIpc) is 2.81. The van der Waals surface area contributed by atoms with E-state index >= 15 is 0 Å². The lowest BCUT2D eigenvalue weighted by Crippen LogP contribution is -2.18. The van der Waals surface area contributed by atoms with Gasteiger partial charge in [-0.2, -0.15) is 11.3 Å². The van der Waals surface area contributed by atoms with E-state index < -0.39 is 12.1 Å². The number of benzene rings is 1. The van der Waals surface area contributed by atoms with Gasteiger partial charge in [-0.25, -0.2) is 0 Å². The number of rotatable bonds is 3. The lowest BCUT2D eigenvalue weighted by molar-refractivity contribution is -0.274. The van der Waals surface area contributed by atoms with E-state index in [4.69, 9.17) is 0 Å². The molecule has 2 aromatic rings. The van der Waals surface area contributed by atoms with Crippen LogP contribution in [0, 0.1) is 0 Å². The van der Waals surface area contributed by atoms with Gasteiger partial charge >= 0.3 is 6.36 Å². The maximum atomic E-state index is 12.1. The average molecular weight is 272 g/mol. The first-order valence-corrected chi connectivity index (χ1v) is 5.81. The van der Waals surface area contributed by atoms with Crippen molar-refractivity contribution in [2.45, 2.75) is 6.36 Å². The second-order valence-electron chi connectivity index (χ2n) is 3.43. The van der Waals surface area contributed by atoms with E-state index in [1.165, 1.54) is 23.5 Å². The minimum Gasteiger partial charge on any atom is -0.405 e. The molecule has 0 unspecified atom stereocenters. The molecule has 18 heavy (non-hydrogen) atoms. The summed E-state index contributed by atoms with van der Waals surface area (Å²) >= 11 is 1.46. The quantitative estimate of drug-likeness (QED) is 0.785. The normalized spacial score (nSPS) is 11.3. The number of ether oxygens (including phenoxy) is 1. The lowest BCUT2D eigenvalue weighted by atomic mass is 10.1. The van der Waals surface area contributed by atoms with Gasteiger partial charge in [-0.1, -0.05) is 6.07 Å². The molecule has 0 amide bonds. The fourth-order valence-electron chi connectivity index (χ4n) is 1.47. The Balaban J connectivity index is 2.38. The summed E-state index contributed by atoms with van der Waals surface area (Å²) in [4.78, 5) is 10.8. The molecule has 1 heterocycles. The SMILES string of the molecule is O=Cc1cc(-c2ccsc2)ccc1OC(F)(F)F. The Morgan fingerprint density at radius 2 is 1.94 bits per heavy atom. The molecular formula is C12H7F3O2S. The van der Waals surface area contributed by atoms with Crippen molar-refractivity contribution in [3.63, 3.8) is 0 Å². The summed E-state index contributed by atoms with van der Waals surface area (Å²) in [6.07, 6.45) is -4.46. The molecule has 0 aliphatic carbocycles. The zero-order valence-corrected chi connectivity index (χ0v) is 9.72. The van der Waals surface area contributed by atoms with Crippen molar-refractivity contribution < 1.29 is 22.7 Å². The summed E-state index contributed by atoms with van der Waals surface area (Å²) in [5.41, 5.74) is 1.39. The van der Waals surface area contributed by atoms with Crippen molar-refractivity contribution in [3.8, 4) is 16.9 Å². The molecule has 0 radical (unpaired) electrons. The van der Waals surface area contributed by atoms with E-state index in [-0.39, 0.29) is 5.56 Å². The van der Waals surface area contributed by atoms with Crippen LogP contribution >= 0.6 is 11.3 Å². The zero-order valence-electron chi connectivity index (χ0n) is 8.90. The smallest absolute Gasteiger partial charge is 0.405 e. The molecule has 0 bridgehead atoms. The molecule has 0 N–H and O–H groups in total. The molecule has 0 fully saturated rings. The largest absolute Gasteiger partial charge is 0.573 e. The van der Waals surface area contributed by atoms with Gasteiger partial charge in [-0.05, 0) is 40.1 Å². The number of carbonyl (C=O) groups is 1. The van der Waals surface area contributed by atoms with Crippen LogP contribution in [0.25, 0.3) is 11.1 Å².